The number of oxazole rings is 1. The van der Waals surface area contributed by atoms with Gasteiger partial charge in [0.05, 0.1) is 6.20 Å². The third kappa shape index (κ3) is 4.38. The number of amides is 1. The lowest BCUT2D eigenvalue weighted by atomic mass is 9.75. The van der Waals surface area contributed by atoms with E-state index < -0.39 is 0 Å². The minimum atomic E-state index is -0.270. The van der Waals surface area contributed by atoms with Gasteiger partial charge in [-0.25, -0.2) is 9.37 Å². The van der Waals surface area contributed by atoms with Crippen molar-refractivity contribution in [2.24, 2.45) is 5.92 Å². The van der Waals surface area contributed by atoms with Crippen molar-refractivity contribution in [3.8, 4) is 11.3 Å². The lowest BCUT2D eigenvalue weighted by molar-refractivity contribution is 0.0918. The van der Waals surface area contributed by atoms with Crippen molar-refractivity contribution in [1.82, 2.24) is 15.3 Å². The van der Waals surface area contributed by atoms with E-state index in [2.05, 4.69) is 22.2 Å². The molecule has 0 bridgehead atoms. The van der Waals surface area contributed by atoms with E-state index in [0.717, 1.165) is 36.6 Å². The Hall–Kier alpha value is -3.54. The summed E-state index contributed by atoms with van der Waals surface area (Å²) in [6.07, 6.45) is 8.84. The second-order valence-corrected chi connectivity index (χ2v) is 8.85. The van der Waals surface area contributed by atoms with Crippen molar-refractivity contribution in [3.63, 3.8) is 0 Å². The molecule has 2 aromatic carbocycles. The number of carbonyl (C=O) groups excluding carboxylic acids is 1. The molecule has 0 aliphatic heterocycles. The molecule has 1 N–H and O–H groups in total. The van der Waals surface area contributed by atoms with E-state index in [0.29, 0.717) is 28.7 Å². The minimum absolute atomic E-state index is 0.0654. The van der Waals surface area contributed by atoms with Crippen LogP contribution >= 0.6 is 0 Å². The van der Waals surface area contributed by atoms with Crippen LogP contribution in [0.4, 0.5) is 4.39 Å². The molecule has 1 aliphatic rings. The fraction of sp³-hybridized carbons (Fsp3) is 0.296. The topological polar surface area (TPSA) is 68.0 Å². The van der Waals surface area contributed by atoms with Crippen LogP contribution in [0, 0.1) is 11.7 Å². The summed E-state index contributed by atoms with van der Waals surface area (Å²) in [5, 5.41) is 4.09. The van der Waals surface area contributed by atoms with Gasteiger partial charge in [0.2, 0.25) is 0 Å². The van der Waals surface area contributed by atoms with Gasteiger partial charge in [-0.15, -0.1) is 0 Å². The number of fused-ring (bicyclic) bond motifs is 1. The Morgan fingerprint density at radius 2 is 1.88 bits per heavy atom. The number of aromatic nitrogens is 2. The zero-order valence-corrected chi connectivity index (χ0v) is 18.5. The zero-order chi connectivity index (χ0) is 22.8. The maximum Gasteiger partial charge on any atom is 0.251 e. The van der Waals surface area contributed by atoms with Crippen molar-refractivity contribution in [2.75, 3.05) is 0 Å². The van der Waals surface area contributed by atoms with Crippen LogP contribution in [0.25, 0.3) is 22.2 Å². The van der Waals surface area contributed by atoms with Gasteiger partial charge in [0.15, 0.2) is 12.2 Å². The first-order chi connectivity index (χ1) is 16.1. The third-order valence-corrected chi connectivity index (χ3v) is 6.90. The molecule has 1 fully saturated rings. The Morgan fingerprint density at radius 3 is 2.61 bits per heavy atom. The van der Waals surface area contributed by atoms with Crippen LogP contribution < -0.4 is 5.32 Å². The third-order valence-electron chi connectivity index (χ3n) is 6.90. The first-order valence-corrected chi connectivity index (χ1v) is 11.4. The molecular weight excluding hydrogens is 417 g/mol. The van der Waals surface area contributed by atoms with Crippen LogP contribution in [0.1, 0.15) is 54.4 Å². The normalized spacial score (nSPS) is 19.3. The Bertz CT molecular complexity index is 1250. The highest BCUT2D eigenvalue weighted by atomic mass is 19.1. The second kappa shape index (κ2) is 9.14. The second-order valence-electron chi connectivity index (χ2n) is 8.85. The van der Waals surface area contributed by atoms with Gasteiger partial charge in [-0.3, -0.25) is 9.78 Å². The minimum Gasteiger partial charge on any atom is -0.444 e. The predicted octanol–water partition coefficient (Wildman–Crippen LogP) is 6.12. The first kappa shape index (κ1) is 21.3. The fourth-order valence-electron chi connectivity index (χ4n) is 5.00. The average Bonchev–Trinajstić information content (AvgIpc) is 3.39. The molecule has 0 unspecified atom stereocenters. The average molecular weight is 444 g/mol. The summed E-state index contributed by atoms with van der Waals surface area (Å²) in [6, 6.07) is 14.6. The molecule has 0 radical (unpaired) electrons. The lowest BCUT2D eigenvalue weighted by Crippen LogP contribution is -2.39. The summed E-state index contributed by atoms with van der Waals surface area (Å²) in [6.45, 7) is 2.09. The smallest absolute Gasteiger partial charge is 0.251 e. The number of nitrogens with one attached hydrogen (secondary N) is 1. The largest absolute Gasteiger partial charge is 0.444 e. The molecule has 5 nitrogen and oxygen atoms in total. The summed E-state index contributed by atoms with van der Waals surface area (Å²) >= 11 is 0. The molecule has 4 aromatic rings. The molecule has 6 heteroatoms. The summed E-state index contributed by atoms with van der Waals surface area (Å²) in [7, 11) is 0. The standard InChI is InChI=1S/C27H26FN3O2/c1-17(31-27(32)21-11-9-20(10-12-21)25-15-29-16-33-25)18-5-7-19(8-6-18)22-13-14-30-26-23(22)3-2-4-24(26)28/h2-4,9-19H,5-8H2,1H3,(H,31,32)/t17-,18?,19?/m1/s1. The molecule has 1 amide bonds. The number of nitrogens with zero attached hydrogens (tertiary/aromatic N) is 2. The number of carbonyl (C=O) groups is 1. The quantitative estimate of drug-likeness (QED) is 0.403. The van der Waals surface area contributed by atoms with Crippen LogP contribution in [0.15, 0.2) is 71.7 Å². The van der Waals surface area contributed by atoms with Crippen LogP contribution in [0.5, 0.6) is 0 Å². The molecule has 0 spiro atoms. The van der Waals surface area contributed by atoms with Gasteiger partial charge < -0.3 is 9.73 Å². The molecule has 2 aromatic heterocycles. The Labute approximate surface area is 192 Å². The van der Waals surface area contributed by atoms with Crippen molar-refractivity contribution < 1.29 is 13.6 Å². The van der Waals surface area contributed by atoms with E-state index in [-0.39, 0.29) is 17.8 Å². The number of halogens is 1. The van der Waals surface area contributed by atoms with E-state index in [9.17, 15) is 9.18 Å². The van der Waals surface area contributed by atoms with E-state index >= 15 is 0 Å². The number of benzene rings is 2. The number of pyridine rings is 1. The highest BCUT2D eigenvalue weighted by Crippen LogP contribution is 2.39. The van der Waals surface area contributed by atoms with Gasteiger partial charge in [-0.1, -0.05) is 24.3 Å². The molecule has 1 atom stereocenters. The van der Waals surface area contributed by atoms with Crippen LogP contribution in [-0.2, 0) is 0 Å². The summed E-state index contributed by atoms with van der Waals surface area (Å²) in [5.74, 6) is 1.15. The molecule has 2 heterocycles. The zero-order valence-electron chi connectivity index (χ0n) is 18.5. The highest BCUT2D eigenvalue weighted by Gasteiger charge is 2.28. The first-order valence-electron chi connectivity index (χ1n) is 11.4. The monoisotopic (exact) mass is 443 g/mol. The summed E-state index contributed by atoms with van der Waals surface area (Å²) < 4.78 is 19.4. The molecule has 168 valence electrons. The Balaban J connectivity index is 1.20. The van der Waals surface area contributed by atoms with Gasteiger partial charge >= 0.3 is 0 Å². The van der Waals surface area contributed by atoms with E-state index in [4.69, 9.17) is 4.42 Å². The summed E-state index contributed by atoms with van der Waals surface area (Å²) in [4.78, 5) is 20.9. The maximum absolute atomic E-state index is 14.1. The summed E-state index contributed by atoms with van der Waals surface area (Å²) in [5.41, 5.74) is 3.15. The fourth-order valence-corrected chi connectivity index (χ4v) is 5.00. The SMILES string of the molecule is C[C@@H](NC(=O)c1ccc(-c2cnco2)cc1)C1CCC(c2ccnc3c(F)cccc23)CC1. The Kier molecular flexibility index (Phi) is 5.90. The van der Waals surface area contributed by atoms with Crippen LogP contribution in [0.2, 0.25) is 0 Å². The van der Waals surface area contributed by atoms with Crippen LogP contribution in [0.3, 0.4) is 0 Å². The van der Waals surface area contributed by atoms with Crippen molar-refractivity contribution >= 4 is 16.8 Å². The number of para-hydroxylation sites is 1. The van der Waals surface area contributed by atoms with E-state index in [1.807, 2.05) is 36.4 Å². The molecule has 1 aliphatic carbocycles. The molecule has 0 saturated heterocycles. The lowest BCUT2D eigenvalue weighted by Gasteiger charge is -2.33. The van der Waals surface area contributed by atoms with E-state index in [1.54, 1.807) is 18.5 Å². The van der Waals surface area contributed by atoms with E-state index in [1.165, 1.54) is 18.0 Å². The number of rotatable bonds is 5. The highest BCUT2D eigenvalue weighted by molar-refractivity contribution is 5.94. The maximum atomic E-state index is 14.1. The van der Waals surface area contributed by atoms with Gasteiger partial charge in [0.25, 0.3) is 5.91 Å². The number of hydrogen-bond acceptors (Lipinski definition) is 4. The molecular formula is C27H26FN3O2. The van der Waals surface area contributed by atoms with Crippen molar-refractivity contribution in [1.29, 1.82) is 0 Å². The van der Waals surface area contributed by atoms with Gasteiger partial charge in [0.1, 0.15) is 11.3 Å². The van der Waals surface area contributed by atoms with Crippen LogP contribution in [-0.4, -0.2) is 21.9 Å². The predicted molar refractivity (Wildman–Crippen MR) is 125 cm³/mol. The molecule has 5 rings (SSSR count). The van der Waals surface area contributed by atoms with Gasteiger partial charge in [-0.05, 0) is 74.3 Å². The van der Waals surface area contributed by atoms with Gasteiger partial charge in [0, 0.05) is 28.8 Å². The van der Waals surface area contributed by atoms with Gasteiger partial charge in [-0.2, -0.15) is 0 Å². The molecule has 33 heavy (non-hydrogen) atoms. The number of hydrogen-bond donors (Lipinski definition) is 1. The van der Waals surface area contributed by atoms with Crippen molar-refractivity contribution in [2.45, 2.75) is 44.6 Å². The Morgan fingerprint density at radius 1 is 1.09 bits per heavy atom. The molecule has 1 saturated carbocycles. The van der Waals surface area contributed by atoms with Crippen molar-refractivity contribution in [3.05, 3.63) is 84.3 Å².